The van der Waals surface area contributed by atoms with Gasteiger partial charge in [0.1, 0.15) is 5.41 Å². The molecular weight excluding hydrogens is 196 g/mol. The van der Waals surface area contributed by atoms with E-state index in [0.717, 1.165) is 12.8 Å². The fourth-order valence-electron chi connectivity index (χ4n) is 2.50. The predicted molar refractivity (Wildman–Crippen MR) is 53.8 cm³/mol. The molecule has 0 aliphatic heterocycles. The van der Waals surface area contributed by atoms with E-state index in [4.69, 9.17) is 0 Å². The molecule has 15 heavy (non-hydrogen) atoms. The van der Waals surface area contributed by atoms with Crippen molar-refractivity contribution < 1.29 is 9.90 Å². The predicted octanol–water partition coefficient (Wildman–Crippen LogP) is 0.610. The van der Waals surface area contributed by atoms with Gasteiger partial charge in [0.2, 0.25) is 0 Å². The van der Waals surface area contributed by atoms with E-state index in [0.29, 0.717) is 18.5 Å². The highest BCUT2D eigenvalue weighted by Crippen LogP contribution is 2.40. The first kappa shape index (κ1) is 10.0. The zero-order valence-corrected chi connectivity index (χ0v) is 8.62. The fourth-order valence-corrected chi connectivity index (χ4v) is 2.50. The second-order valence-electron chi connectivity index (χ2n) is 4.16. The Morgan fingerprint density at radius 3 is 2.53 bits per heavy atom. The smallest absolute Gasteiger partial charge is 0.315 e. The van der Waals surface area contributed by atoms with Gasteiger partial charge in [-0.15, -0.1) is 0 Å². The number of carboxylic acid groups (broad SMARTS) is 1. The number of H-pyrrole nitrogens is 1. The summed E-state index contributed by atoms with van der Waals surface area (Å²) in [6, 6.07) is 1.40. The lowest BCUT2D eigenvalue weighted by molar-refractivity contribution is -0.143. The molecule has 2 rings (SSSR count). The van der Waals surface area contributed by atoms with E-state index in [-0.39, 0.29) is 5.56 Å². The monoisotopic (exact) mass is 210 g/mol. The topological polar surface area (TPSA) is 75.1 Å². The summed E-state index contributed by atoms with van der Waals surface area (Å²) in [4.78, 5) is 22.5. The Balaban J connectivity index is 2.54. The molecule has 0 bridgehead atoms. The SMILES string of the molecule is Cn1[nH]c(=O)cc1C1(C(=O)O)CCCC1. The summed E-state index contributed by atoms with van der Waals surface area (Å²) in [5.41, 5.74) is -0.494. The van der Waals surface area contributed by atoms with E-state index in [1.54, 1.807) is 7.05 Å². The van der Waals surface area contributed by atoms with Gasteiger partial charge in [-0.3, -0.25) is 19.4 Å². The lowest BCUT2D eigenvalue weighted by Crippen LogP contribution is -2.34. The molecule has 5 heteroatoms. The molecule has 1 aliphatic carbocycles. The Morgan fingerprint density at radius 1 is 1.53 bits per heavy atom. The maximum atomic E-state index is 11.4. The molecule has 0 unspecified atom stereocenters. The number of aromatic nitrogens is 2. The first-order valence-electron chi connectivity index (χ1n) is 5.06. The average molecular weight is 210 g/mol. The van der Waals surface area contributed by atoms with Gasteiger partial charge in [-0.25, -0.2) is 0 Å². The zero-order chi connectivity index (χ0) is 11.1. The van der Waals surface area contributed by atoms with Crippen LogP contribution in [0.1, 0.15) is 31.4 Å². The number of hydrogen-bond donors (Lipinski definition) is 2. The molecule has 1 aromatic heterocycles. The van der Waals surface area contributed by atoms with Crippen LogP contribution in [0.5, 0.6) is 0 Å². The highest BCUT2D eigenvalue weighted by atomic mass is 16.4. The summed E-state index contributed by atoms with van der Waals surface area (Å²) in [7, 11) is 1.68. The van der Waals surface area contributed by atoms with E-state index in [2.05, 4.69) is 5.10 Å². The third-order valence-corrected chi connectivity index (χ3v) is 3.26. The second kappa shape index (κ2) is 3.25. The third kappa shape index (κ3) is 1.38. The molecule has 0 radical (unpaired) electrons. The molecule has 1 aliphatic rings. The number of nitrogens with one attached hydrogen (secondary N) is 1. The van der Waals surface area contributed by atoms with Gasteiger partial charge in [0, 0.05) is 13.1 Å². The standard InChI is InChI=1S/C10H14N2O3/c1-12-7(6-8(13)11-12)10(9(14)15)4-2-3-5-10/h6H,2-5H2,1H3,(H,11,13)(H,14,15). The van der Waals surface area contributed by atoms with Crippen molar-refractivity contribution in [2.75, 3.05) is 0 Å². The fraction of sp³-hybridized carbons (Fsp3) is 0.600. The molecule has 1 saturated carbocycles. The summed E-state index contributed by atoms with van der Waals surface area (Å²) in [5.74, 6) is -0.824. The lowest BCUT2D eigenvalue weighted by Gasteiger charge is -2.23. The summed E-state index contributed by atoms with van der Waals surface area (Å²) < 4.78 is 1.53. The van der Waals surface area contributed by atoms with Crippen LogP contribution in [0, 0.1) is 0 Å². The van der Waals surface area contributed by atoms with E-state index in [9.17, 15) is 14.7 Å². The lowest BCUT2D eigenvalue weighted by atomic mass is 9.83. The molecule has 0 aromatic carbocycles. The van der Waals surface area contributed by atoms with Gasteiger partial charge < -0.3 is 5.11 Å². The molecule has 1 aromatic rings. The largest absolute Gasteiger partial charge is 0.481 e. The first-order chi connectivity index (χ1) is 7.06. The Bertz CT molecular complexity index is 438. The van der Waals surface area contributed by atoms with Crippen molar-refractivity contribution in [3.63, 3.8) is 0 Å². The number of nitrogens with zero attached hydrogens (tertiary/aromatic N) is 1. The van der Waals surface area contributed by atoms with Crippen molar-refractivity contribution in [3.05, 3.63) is 22.1 Å². The van der Waals surface area contributed by atoms with Crippen LogP contribution in [0.2, 0.25) is 0 Å². The molecule has 0 atom stereocenters. The second-order valence-corrected chi connectivity index (χ2v) is 4.16. The summed E-state index contributed by atoms with van der Waals surface area (Å²) in [6.45, 7) is 0. The number of aryl methyl sites for hydroxylation is 1. The quantitative estimate of drug-likeness (QED) is 0.751. The van der Waals surface area contributed by atoms with Gasteiger partial charge in [-0.05, 0) is 12.8 Å². The Hall–Kier alpha value is -1.52. The van der Waals surface area contributed by atoms with Crippen molar-refractivity contribution in [1.82, 2.24) is 9.78 Å². The van der Waals surface area contributed by atoms with Crippen LogP contribution in [0.3, 0.4) is 0 Å². The van der Waals surface area contributed by atoms with Crippen molar-refractivity contribution >= 4 is 5.97 Å². The van der Waals surface area contributed by atoms with Gasteiger partial charge in [0.05, 0.1) is 5.69 Å². The van der Waals surface area contributed by atoms with Crippen molar-refractivity contribution in [2.45, 2.75) is 31.1 Å². The van der Waals surface area contributed by atoms with Crippen molar-refractivity contribution in [2.24, 2.45) is 7.05 Å². The normalized spacial score (nSPS) is 19.3. The maximum absolute atomic E-state index is 11.4. The maximum Gasteiger partial charge on any atom is 0.315 e. The van der Waals surface area contributed by atoms with Crippen LogP contribution in [-0.4, -0.2) is 20.9 Å². The molecule has 2 N–H and O–H groups in total. The molecule has 1 heterocycles. The van der Waals surface area contributed by atoms with Crippen LogP contribution in [0.15, 0.2) is 10.9 Å². The van der Waals surface area contributed by atoms with Crippen LogP contribution in [-0.2, 0) is 17.3 Å². The molecule has 0 amide bonds. The number of aliphatic carboxylic acids is 1. The summed E-state index contributed by atoms with van der Waals surface area (Å²) >= 11 is 0. The van der Waals surface area contributed by atoms with Crippen LogP contribution in [0.25, 0.3) is 0 Å². The summed E-state index contributed by atoms with van der Waals surface area (Å²) in [6.07, 6.45) is 3.05. The molecule has 0 spiro atoms. The van der Waals surface area contributed by atoms with Gasteiger partial charge >= 0.3 is 5.97 Å². The zero-order valence-electron chi connectivity index (χ0n) is 8.62. The molecular formula is C10H14N2O3. The first-order valence-corrected chi connectivity index (χ1v) is 5.06. The Morgan fingerprint density at radius 2 is 2.13 bits per heavy atom. The number of rotatable bonds is 2. The van der Waals surface area contributed by atoms with Gasteiger partial charge in [0.25, 0.3) is 5.56 Å². The van der Waals surface area contributed by atoms with Gasteiger partial charge in [-0.2, -0.15) is 0 Å². The highest BCUT2D eigenvalue weighted by Gasteiger charge is 2.45. The average Bonchev–Trinajstić information content (AvgIpc) is 2.72. The summed E-state index contributed by atoms with van der Waals surface area (Å²) in [5, 5.41) is 11.9. The van der Waals surface area contributed by atoms with E-state index in [1.165, 1.54) is 10.7 Å². The van der Waals surface area contributed by atoms with Gasteiger partial charge in [0.15, 0.2) is 0 Å². The Labute approximate surface area is 86.7 Å². The minimum Gasteiger partial charge on any atom is -0.481 e. The number of aromatic amines is 1. The van der Waals surface area contributed by atoms with Crippen LogP contribution < -0.4 is 5.56 Å². The molecule has 82 valence electrons. The minimum absolute atomic E-state index is 0.236. The molecule has 5 nitrogen and oxygen atoms in total. The van der Waals surface area contributed by atoms with E-state index >= 15 is 0 Å². The number of carbonyl (C=O) groups is 1. The van der Waals surface area contributed by atoms with E-state index < -0.39 is 11.4 Å². The number of hydrogen-bond acceptors (Lipinski definition) is 2. The Kier molecular flexibility index (Phi) is 2.17. The van der Waals surface area contributed by atoms with Gasteiger partial charge in [-0.1, -0.05) is 12.8 Å². The molecule has 0 saturated heterocycles. The van der Waals surface area contributed by atoms with Crippen LogP contribution in [0.4, 0.5) is 0 Å². The van der Waals surface area contributed by atoms with Crippen molar-refractivity contribution in [1.29, 1.82) is 0 Å². The van der Waals surface area contributed by atoms with Crippen LogP contribution >= 0.6 is 0 Å². The highest BCUT2D eigenvalue weighted by molar-refractivity contribution is 5.81. The van der Waals surface area contributed by atoms with E-state index in [1.807, 2.05) is 0 Å². The number of carboxylic acids is 1. The molecule has 1 fully saturated rings. The van der Waals surface area contributed by atoms with Crippen molar-refractivity contribution in [3.8, 4) is 0 Å². The third-order valence-electron chi connectivity index (χ3n) is 3.26. The minimum atomic E-state index is -0.853.